The number of hydrogen-bond acceptors (Lipinski definition) is 7. The molecule has 2 heterocycles. The van der Waals surface area contributed by atoms with E-state index in [0.29, 0.717) is 18.5 Å². The molecule has 7 heteroatoms. The van der Waals surface area contributed by atoms with Crippen molar-refractivity contribution in [1.82, 2.24) is 15.0 Å². The maximum Gasteiger partial charge on any atom is 0.229 e. The molecule has 3 N–H and O–H groups in total. The quantitative estimate of drug-likeness (QED) is 0.568. The molecule has 0 fully saturated rings. The number of thiazole rings is 1. The van der Waals surface area contributed by atoms with Gasteiger partial charge in [0.2, 0.25) is 5.95 Å². The van der Waals surface area contributed by atoms with E-state index >= 15 is 0 Å². The van der Waals surface area contributed by atoms with Gasteiger partial charge in [0.1, 0.15) is 12.4 Å². The van der Waals surface area contributed by atoms with E-state index in [1.165, 1.54) is 11.3 Å². The second-order valence-electron chi connectivity index (χ2n) is 7.75. The SMILES string of the molecule is Cc1cc(-c2ccnc(Nc3nccs3)n2)ccc1OC[C@@](C)(N)CC(C)C. The molecule has 0 saturated carbocycles. The lowest BCUT2D eigenvalue weighted by Gasteiger charge is -2.27. The van der Waals surface area contributed by atoms with Gasteiger partial charge in [0.05, 0.1) is 5.69 Å². The van der Waals surface area contributed by atoms with Crippen molar-refractivity contribution in [1.29, 1.82) is 0 Å². The van der Waals surface area contributed by atoms with E-state index in [-0.39, 0.29) is 5.54 Å². The van der Waals surface area contributed by atoms with Gasteiger partial charge in [-0.25, -0.2) is 15.0 Å². The highest BCUT2D eigenvalue weighted by Gasteiger charge is 2.21. The third-order valence-electron chi connectivity index (χ3n) is 4.21. The lowest BCUT2D eigenvalue weighted by molar-refractivity contribution is 0.206. The predicted octanol–water partition coefficient (Wildman–Crippen LogP) is 4.79. The molecule has 0 saturated heterocycles. The van der Waals surface area contributed by atoms with Gasteiger partial charge in [0.25, 0.3) is 0 Å². The Hall–Kier alpha value is -2.51. The Balaban J connectivity index is 1.72. The molecule has 0 aliphatic rings. The summed E-state index contributed by atoms with van der Waals surface area (Å²) in [5.74, 6) is 1.91. The molecule has 0 bridgehead atoms. The Bertz CT molecular complexity index is 909. The largest absolute Gasteiger partial charge is 0.491 e. The number of benzene rings is 1. The number of anilines is 2. The van der Waals surface area contributed by atoms with Crippen LogP contribution in [0.15, 0.2) is 42.0 Å². The summed E-state index contributed by atoms with van der Waals surface area (Å²) in [6.45, 7) is 8.90. The van der Waals surface area contributed by atoms with E-state index < -0.39 is 0 Å². The summed E-state index contributed by atoms with van der Waals surface area (Å²) in [5.41, 5.74) is 8.90. The minimum Gasteiger partial charge on any atom is -0.491 e. The lowest BCUT2D eigenvalue weighted by Crippen LogP contribution is -2.43. The van der Waals surface area contributed by atoms with Gasteiger partial charge < -0.3 is 15.8 Å². The smallest absolute Gasteiger partial charge is 0.229 e. The van der Waals surface area contributed by atoms with E-state index in [4.69, 9.17) is 10.5 Å². The van der Waals surface area contributed by atoms with Crippen LogP contribution in [0.1, 0.15) is 32.8 Å². The van der Waals surface area contributed by atoms with Gasteiger partial charge in [-0.05, 0) is 56.0 Å². The van der Waals surface area contributed by atoms with Crippen molar-refractivity contribution in [2.24, 2.45) is 11.7 Å². The van der Waals surface area contributed by atoms with Crippen molar-refractivity contribution in [3.63, 3.8) is 0 Å². The molecule has 3 aromatic rings. The van der Waals surface area contributed by atoms with Crippen LogP contribution in [0.25, 0.3) is 11.3 Å². The number of nitrogens with two attached hydrogens (primary N) is 1. The topological polar surface area (TPSA) is 86.0 Å². The van der Waals surface area contributed by atoms with Crippen LogP contribution in [-0.2, 0) is 0 Å². The number of hydrogen-bond donors (Lipinski definition) is 2. The van der Waals surface area contributed by atoms with E-state index in [1.807, 2.05) is 37.4 Å². The van der Waals surface area contributed by atoms with Crippen LogP contribution in [0.4, 0.5) is 11.1 Å². The molecule has 1 atom stereocenters. The molecule has 0 unspecified atom stereocenters. The van der Waals surface area contributed by atoms with Crippen molar-refractivity contribution in [2.75, 3.05) is 11.9 Å². The minimum absolute atomic E-state index is 0.345. The summed E-state index contributed by atoms with van der Waals surface area (Å²) in [4.78, 5) is 13.1. The molecule has 0 aliphatic carbocycles. The molecule has 0 radical (unpaired) electrons. The van der Waals surface area contributed by atoms with E-state index in [2.05, 4.69) is 40.2 Å². The maximum absolute atomic E-state index is 6.36. The van der Waals surface area contributed by atoms with E-state index in [1.54, 1.807) is 12.4 Å². The number of rotatable bonds is 8. The van der Waals surface area contributed by atoms with Crippen molar-refractivity contribution < 1.29 is 4.74 Å². The normalized spacial score (nSPS) is 13.4. The highest BCUT2D eigenvalue weighted by atomic mass is 32.1. The third-order valence-corrected chi connectivity index (χ3v) is 4.90. The predicted molar refractivity (Wildman–Crippen MR) is 115 cm³/mol. The summed E-state index contributed by atoms with van der Waals surface area (Å²) < 4.78 is 6.01. The summed E-state index contributed by atoms with van der Waals surface area (Å²) in [7, 11) is 0. The Kier molecular flexibility index (Phi) is 6.26. The summed E-state index contributed by atoms with van der Waals surface area (Å²) in [6.07, 6.45) is 4.40. The summed E-state index contributed by atoms with van der Waals surface area (Å²) in [6, 6.07) is 7.95. The number of ether oxygens (including phenoxy) is 1. The van der Waals surface area contributed by atoms with Crippen molar-refractivity contribution in [3.05, 3.63) is 47.6 Å². The van der Waals surface area contributed by atoms with Crippen molar-refractivity contribution in [2.45, 2.75) is 39.7 Å². The molecule has 0 amide bonds. The molecule has 3 rings (SSSR count). The molecular weight excluding hydrogens is 370 g/mol. The zero-order valence-corrected chi connectivity index (χ0v) is 17.6. The number of nitrogens with one attached hydrogen (secondary N) is 1. The first-order valence-corrected chi connectivity index (χ1v) is 10.2. The average molecular weight is 398 g/mol. The molecule has 2 aromatic heterocycles. The Morgan fingerprint density at radius 3 is 2.71 bits per heavy atom. The first kappa shape index (κ1) is 20.2. The second kappa shape index (κ2) is 8.67. The Morgan fingerprint density at radius 1 is 1.21 bits per heavy atom. The van der Waals surface area contributed by atoms with Gasteiger partial charge in [0.15, 0.2) is 5.13 Å². The van der Waals surface area contributed by atoms with Gasteiger partial charge in [0, 0.05) is 28.9 Å². The fraction of sp³-hybridized carbons (Fsp3) is 0.381. The van der Waals surface area contributed by atoms with E-state index in [9.17, 15) is 0 Å². The number of aromatic nitrogens is 3. The van der Waals surface area contributed by atoms with Crippen LogP contribution in [0, 0.1) is 12.8 Å². The molecule has 1 aromatic carbocycles. The van der Waals surface area contributed by atoms with Gasteiger partial charge in [-0.1, -0.05) is 13.8 Å². The monoisotopic (exact) mass is 397 g/mol. The van der Waals surface area contributed by atoms with Crippen LogP contribution >= 0.6 is 11.3 Å². The maximum atomic E-state index is 6.36. The van der Waals surface area contributed by atoms with Crippen LogP contribution in [0.3, 0.4) is 0 Å². The molecular formula is C21H27N5OS. The lowest BCUT2D eigenvalue weighted by atomic mass is 9.93. The van der Waals surface area contributed by atoms with Crippen molar-refractivity contribution >= 4 is 22.4 Å². The van der Waals surface area contributed by atoms with Crippen LogP contribution in [0.2, 0.25) is 0 Å². The fourth-order valence-electron chi connectivity index (χ4n) is 3.17. The number of nitrogens with zero attached hydrogens (tertiary/aromatic N) is 3. The van der Waals surface area contributed by atoms with Crippen molar-refractivity contribution in [3.8, 4) is 17.0 Å². The molecule has 148 valence electrons. The highest BCUT2D eigenvalue weighted by Crippen LogP contribution is 2.27. The second-order valence-corrected chi connectivity index (χ2v) is 8.64. The van der Waals surface area contributed by atoms with Crippen LogP contribution in [0.5, 0.6) is 5.75 Å². The average Bonchev–Trinajstić information content (AvgIpc) is 3.13. The Labute approximate surface area is 170 Å². The number of aryl methyl sites for hydroxylation is 1. The van der Waals surface area contributed by atoms with Gasteiger partial charge in [-0.3, -0.25) is 0 Å². The first-order valence-electron chi connectivity index (χ1n) is 9.35. The standard InChI is InChI=1S/C21H27N5OS/c1-14(2)12-21(4,22)13-27-18-6-5-16(11-15(18)3)17-7-8-23-19(25-17)26-20-24-9-10-28-20/h5-11,14H,12-13,22H2,1-4H3,(H,23,24,25,26)/t21-/m0/s1. The zero-order chi connectivity index (χ0) is 20.1. The molecule has 0 spiro atoms. The van der Waals surface area contributed by atoms with Crippen LogP contribution < -0.4 is 15.8 Å². The third kappa shape index (κ3) is 5.50. The minimum atomic E-state index is -0.345. The van der Waals surface area contributed by atoms with Gasteiger partial charge >= 0.3 is 0 Å². The molecule has 0 aliphatic heterocycles. The molecule has 28 heavy (non-hydrogen) atoms. The fourth-order valence-corrected chi connectivity index (χ4v) is 3.69. The van der Waals surface area contributed by atoms with E-state index in [0.717, 1.165) is 34.1 Å². The first-order chi connectivity index (χ1) is 13.3. The highest BCUT2D eigenvalue weighted by molar-refractivity contribution is 7.13. The summed E-state index contributed by atoms with van der Waals surface area (Å²) in [5, 5.41) is 5.79. The van der Waals surface area contributed by atoms with Gasteiger partial charge in [-0.2, -0.15) is 0 Å². The molecule has 6 nitrogen and oxygen atoms in total. The van der Waals surface area contributed by atoms with Gasteiger partial charge in [-0.15, -0.1) is 11.3 Å². The Morgan fingerprint density at radius 2 is 2.04 bits per heavy atom. The summed E-state index contributed by atoms with van der Waals surface area (Å²) >= 11 is 1.51. The van der Waals surface area contributed by atoms with Crippen LogP contribution in [-0.4, -0.2) is 27.1 Å². The zero-order valence-electron chi connectivity index (χ0n) is 16.8.